The third-order valence-corrected chi connectivity index (χ3v) is 6.79. The number of aromatic nitrogens is 3. The molecule has 1 fully saturated rings. The molecule has 2 aromatic carbocycles. The largest absolute Gasteiger partial charge is 0.339 e. The van der Waals surface area contributed by atoms with Crippen molar-refractivity contribution in [3.8, 4) is 5.69 Å². The number of thioether (sulfide) groups is 1. The van der Waals surface area contributed by atoms with E-state index in [1.54, 1.807) is 6.33 Å². The normalized spacial score (nSPS) is 13.4. The SMILES string of the molecule is Cc1ccc(-n2cnnc2SCC(=O)Nc2cccc(C(=O)N3CCCC3)c2C)cc1C. The third-order valence-electron chi connectivity index (χ3n) is 5.85. The summed E-state index contributed by atoms with van der Waals surface area (Å²) >= 11 is 1.32. The maximum atomic E-state index is 12.8. The Bertz CT molecular complexity index is 1150. The third kappa shape index (κ3) is 4.70. The van der Waals surface area contributed by atoms with E-state index in [9.17, 15) is 9.59 Å². The van der Waals surface area contributed by atoms with Crippen molar-refractivity contribution in [1.29, 1.82) is 0 Å². The molecular weight excluding hydrogens is 422 g/mol. The van der Waals surface area contributed by atoms with Crippen LogP contribution in [0.25, 0.3) is 5.69 Å². The minimum atomic E-state index is -0.154. The van der Waals surface area contributed by atoms with Gasteiger partial charge in [-0.1, -0.05) is 23.9 Å². The molecule has 1 saturated heterocycles. The van der Waals surface area contributed by atoms with Crippen LogP contribution in [0, 0.1) is 20.8 Å². The number of nitrogens with zero attached hydrogens (tertiary/aromatic N) is 4. The number of likely N-dealkylation sites (tertiary alicyclic amines) is 1. The number of carbonyl (C=O) groups is 2. The van der Waals surface area contributed by atoms with E-state index in [2.05, 4.69) is 41.5 Å². The first kappa shape index (κ1) is 22.1. The van der Waals surface area contributed by atoms with Crippen LogP contribution >= 0.6 is 11.8 Å². The topological polar surface area (TPSA) is 80.1 Å². The second-order valence-corrected chi connectivity index (χ2v) is 9.01. The van der Waals surface area contributed by atoms with Crippen LogP contribution in [0.3, 0.4) is 0 Å². The molecule has 7 nitrogen and oxygen atoms in total. The highest BCUT2D eigenvalue weighted by Crippen LogP contribution is 2.24. The summed E-state index contributed by atoms with van der Waals surface area (Å²) < 4.78 is 1.88. The number of aryl methyl sites for hydroxylation is 2. The van der Waals surface area contributed by atoms with Crippen LogP contribution in [-0.2, 0) is 4.79 Å². The van der Waals surface area contributed by atoms with Crippen LogP contribution in [0.5, 0.6) is 0 Å². The molecule has 1 aliphatic heterocycles. The average Bonchev–Trinajstić information content (AvgIpc) is 3.47. The summed E-state index contributed by atoms with van der Waals surface area (Å²) in [6, 6.07) is 11.6. The Morgan fingerprint density at radius 1 is 1.06 bits per heavy atom. The van der Waals surface area contributed by atoms with Crippen LogP contribution in [0.1, 0.15) is 39.9 Å². The van der Waals surface area contributed by atoms with Gasteiger partial charge in [-0.25, -0.2) is 0 Å². The fourth-order valence-corrected chi connectivity index (χ4v) is 4.51. The smallest absolute Gasteiger partial charge is 0.254 e. The number of anilines is 1. The molecule has 3 aromatic rings. The molecule has 0 unspecified atom stereocenters. The zero-order valence-corrected chi connectivity index (χ0v) is 19.4. The van der Waals surface area contributed by atoms with E-state index in [1.165, 1.54) is 22.9 Å². The zero-order chi connectivity index (χ0) is 22.7. The van der Waals surface area contributed by atoms with Gasteiger partial charge >= 0.3 is 0 Å². The van der Waals surface area contributed by atoms with Crippen LogP contribution in [0.4, 0.5) is 5.69 Å². The monoisotopic (exact) mass is 449 g/mol. The standard InChI is InChI=1S/C24H27N5O2S/c1-16-9-10-19(13-17(16)2)29-15-25-27-24(29)32-14-22(30)26-21-8-6-7-20(18(21)3)23(31)28-11-4-5-12-28/h6-10,13,15H,4-5,11-12,14H2,1-3H3,(H,26,30). The van der Waals surface area contributed by atoms with Gasteiger partial charge in [0, 0.05) is 30.0 Å². The van der Waals surface area contributed by atoms with Crippen molar-refractivity contribution in [3.63, 3.8) is 0 Å². The van der Waals surface area contributed by atoms with Gasteiger partial charge in [0.25, 0.3) is 5.91 Å². The molecule has 0 radical (unpaired) electrons. The van der Waals surface area contributed by atoms with Crippen molar-refractivity contribution in [2.24, 2.45) is 0 Å². The maximum Gasteiger partial charge on any atom is 0.254 e. The number of carbonyl (C=O) groups excluding carboxylic acids is 2. The van der Waals surface area contributed by atoms with Crippen LogP contribution < -0.4 is 5.32 Å². The molecule has 0 saturated carbocycles. The Kier molecular flexibility index (Phi) is 6.60. The molecule has 4 rings (SSSR count). The predicted octanol–water partition coefficient (Wildman–Crippen LogP) is 4.16. The van der Waals surface area contributed by atoms with Gasteiger partial charge in [-0.2, -0.15) is 0 Å². The van der Waals surface area contributed by atoms with Crippen molar-refractivity contribution in [1.82, 2.24) is 19.7 Å². The molecule has 0 bridgehead atoms. The van der Waals surface area contributed by atoms with E-state index < -0.39 is 0 Å². The summed E-state index contributed by atoms with van der Waals surface area (Å²) in [6.07, 6.45) is 3.75. The number of nitrogens with one attached hydrogen (secondary N) is 1. The Morgan fingerprint density at radius 3 is 2.59 bits per heavy atom. The molecule has 2 heterocycles. The van der Waals surface area contributed by atoms with Crippen molar-refractivity contribution < 1.29 is 9.59 Å². The van der Waals surface area contributed by atoms with Crippen molar-refractivity contribution >= 4 is 29.3 Å². The summed E-state index contributed by atoms with van der Waals surface area (Å²) in [6.45, 7) is 7.61. The van der Waals surface area contributed by atoms with Crippen LogP contribution in [0.2, 0.25) is 0 Å². The summed E-state index contributed by atoms with van der Waals surface area (Å²) in [5.74, 6) is 0.0678. The van der Waals surface area contributed by atoms with Crippen molar-refractivity contribution in [3.05, 3.63) is 65.0 Å². The molecule has 0 aliphatic carbocycles. The molecule has 0 atom stereocenters. The minimum absolute atomic E-state index is 0.0342. The molecule has 1 aromatic heterocycles. The Balaban J connectivity index is 1.42. The average molecular weight is 450 g/mol. The molecular formula is C24H27N5O2S. The molecule has 1 N–H and O–H groups in total. The molecule has 2 amide bonds. The number of benzene rings is 2. The van der Waals surface area contributed by atoms with E-state index in [0.29, 0.717) is 16.4 Å². The highest BCUT2D eigenvalue weighted by Gasteiger charge is 2.22. The summed E-state index contributed by atoms with van der Waals surface area (Å²) in [5, 5.41) is 11.8. The second-order valence-electron chi connectivity index (χ2n) is 8.07. The lowest BCUT2D eigenvalue weighted by atomic mass is 10.1. The van der Waals surface area contributed by atoms with E-state index >= 15 is 0 Å². The summed E-state index contributed by atoms with van der Waals surface area (Å²) in [4.78, 5) is 27.3. The first-order valence-corrected chi connectivity index (χ1v) is 11.7. The van der Waals surface area contributed by atoms with Gasteiger partial charge in [-0.15, -0.1) is 10.2 Å². The lowest BCUT2D eigenvalue weighted by molar-refractivity contribution is -0.113. The number of amides is 2. The Morgan fingerprint density at radius 2 is 1.84 bits per heavy atom. The van der Waals surface area contributed by atoms with E-state index in [1.807, 2.05) is 40.7 Å². The zero-order valence-electron chi connectivity index (χ0n) is 18.6. The fourth-order valence-electron chi connectivity index (χ4n) is 3.79. The Labute approximate surface area is 192 Å². The highest BCUT2D eigenvalue weighted by atomic mass is 32.2. The Hall–Kier alpha value is -3.13. The van der Waals surface area contributed by atoms with Gasteiger partial charge in [0.15, 0.2) is 5.16 Å². The van der Waals surface area contributed by atoms with Crippen molar-refractivity contribution in [2.75, 3.05) is 24.2 Å². The predicted molar refractivity (Wildman–Crippen MR) is 127 cm³/mol. The minimum Gasteiger partial charge on any atom is -0.339 e. The van der Waals surface area contributed by atoms with Crippen molar-refractivity contribution in [2.45, 2.75) is 38.8 Å². The molecule has 0 spiro atoms. The van der Waals surface area contributed by atoms with Gasteiger partial charge in [0.2, 0.25) is 5.91 Å². The fraction of sp³-hybridized carbons (Fsp3) is 0.333. The molecule has 1 aliphatic rings. The molecule has 32 heavy (non-hydrogen) atoms. The maximum absolute atomic E-state index is 12.8. The van der Waals surface area contributed by atoms with Gasteiger partial charge in [-0.3, -0.25) is 14.2 Å². The number of hydrogen-bond acceptors (Lipinski definition) is 5. The molecule has 166 valence electrons. The molecule has 8 heteroatoms. The quantitative estimate of drug-likeness (QED) is 0.572. The van der Waals surface area contributed by atoms with Crippen LogP contribution in [0.15, 0.2) is 47.9 Å². The number of hydrogen-bond donors (Lipinski definition) is 1. The second kappa shape index (κ2) is 9.56. The first-order chi connectivity index (χ1) is 15.4. The summed E-state index contributed by atoms with van der Waals surface area (Å²) in [7, 11) is 0. The lowest BCUT2D eigenvalue weighted by Crippen LogP contribution is -2.28. The van der Waals surface area contributed by atoms with Gasteiger partial charge in [-0.05, 0) is 74.6 Å². The number of rotatable bonds is 6. The van der Waals surface area contributed by atoms with E-state index in [-0.39, 0.29) is 17.6 Å². The van der Waals surface area contributed by atoms with Gasteiger partial charge in [0.1, 0.15) is 6.33 Å². The van der Waals surface area contributed by atoms with E-state index in [0.717, 1.165) is 37.2 Å². The van der Waals surface area contributed by atoms with Crippen LogP contribution in [-0.4, -0.2) is 50.3 Å². The first-order valence-electron chi connectivity index (χ1n) is 10.7. The lowest BCUT2D eigenvalue weighted by Gasteiger charge is -2.18. The highest BCUT2D eigenvalue weighted by molar-refractivity contribution is 7.99. The van der Waals surface area contributed by atoms with Gasteiger partial charge in [0.05, 0.1) is 5.75 Å². The van der Waals surface area contributed by atoms with Gasteiger partial charge < -0.3 is 10.2 Å². The van der Waals surface area contributed by atoms with E-state index in [4.69, 9.17) is 0 Å². The summed E-state index contributed by atoms with van der Waals surface area (Å²) in [5.41, 5.74) is 5.47.